The fourth-order valence-corrected chi connectivity index (χ4v) is 3.44. The predicted molar refractivity (Wildman–Crippen MR) is 72.4 cm³/mol. The van der Waals surface area contributed by atoms with Gasteiger partial charge in [0, 0.05) is 6.04 Å². The van der Waals surface area contributed by atoms with Crippen molar-refractivity contribution in [2.75, 3.05) is 6.61 Å². The number of carbonyl (C=O) groups is 1. The van der Waals surface area contributed by atoms with Gasteiger partial charge in [0.15, 0.2) is 0 Å². The second kappa shape index (κ2) is 7.13. The van der Waals surface area contributed by atoms with Crippen LogP contribution in [0.4, 0.5) is 0 Å². The van der Waals surface area contributed by atoms with Crippen molar-refractivity contribution in [3.05, 3.63) is 0 Å². The predicted octanol–water partition coefficient (Wildman–Crippen LogP) is 3.03. The van der Waals surface area contributed by atoms with Gasteiger partial charge in [-0.25, -0.2) is 0 Å². The van der Waals surface area contributed by atoms with Crippen LogP contribution in [0.3, 0.4) is 0 Å². The molecule has 18 heavy (non-hydrogen) atoms. The minimum absolute atomic E-state index is 0.0185. The molecule has 2 fully saturated rings. The smallest absolute Gasteiger partial charge is 0.323 e. The van der Waals surface area contributed by atoms with Gasteiger partial charge in [-0.15, -0.1) is 0 Å². The van der Waals surface area contributed by atoms with E-state index in [-0.39, 0.29) is 12.0 Å². The maximum Gasteiger partial charge on any atom is 0.323 e. The number of hydrogen-bond acceptors (Lipinski definition) is 3. The molecule has 0 aromatic carbocycles. The lowest BCUT2D eigenvalue weighted by Crippen LogP contribution is -2.48. The van der Waals surface area contributed by atoms with Crippen LogP contribution in [0.1, 0.15) is 64.7 Å². The van der Waals surface area contributed by atoms with E-state index in [4.69, 9.17) is 4.74 Å². The maximum absolute atomic E-state index is 12.1. The number of ether oxygens (including phenoxy) is 1. The van der Waals surface area contributed by atoms with E-state index < -0.39 is 0 Å². The highest BCUT2D eigenvalue weighted by Crippen LogP contribution is 2.29. The Morgan fingerprint density at radius 3 is 2.33 bits per heavy atom. The molecule has 1 atom stereocenters. The van der Waals surface area contributed by atoms with Crippen molar-refractivity contribution < 1.29 is 9.53 Å². The Balaban J connectivity index is 1.91. The summed E-state index contributed by atoms with van der Waals surface area (Å²) in [5.74, 6) is 0.487. The van der Waals surface area contributed by atoms with Crippen molar-refractivity contribution in [3.8, 4) is 0 Å². The minimum atomic E-state index is -0.0458. The Bertz CT molecular complexity index is 255. The summed E-state index contributed by atoms with van der Waals surface area (Å²) in [4.78, 5) is 12.1. The van der Waals surface area contributed by atoms with Crippen molar-refractivity contribution in [3.63, 3.8) is 0 Å². The fraction of sp³-hybridized carbons (Fsp3) is 0.933. The van der Waals surface area contributed by atoms with Gasteiger partial charge in [0.25, 0.3) is 0 Å². The molecule has 0 saturated heterocycles. The zero-order chi connectivity index (χ0) is 12.8. The van der Waals surface area contributed by atoms with Crippen molar-refractivity contribution in [2.45, 2.75) is 76.8 Å². The van der Waals surface area contributed by atoms with Gasteiger partial charge >= 0.3 is 5.97 Å². The highest BCUT2D eigenvalue weighted by molar-refractivity contribution is 5.76. The van der Waals surface area contributed by atoms with Crippen LogP contribution in [0.5, 0.6) is 0 Å². The number of esters is 1. The van der Waals surface area contributed by atoms with Crippen LogP contribution < -0.4 is 5.32 Å². The van der Waals surface area contributed by atoms with Crippen LogP contribution in [0.25, 0.3) is 0 Å². The molecule has 0 spiro atoms. The van der Waals surface area contributed by atoms with Crippen molar-refractivity contribution in [1.82, 2.24) is 5.32 Å². The summed E-state index contributed by atoms with van der Waals surface area (Å²) in [5, 5.41) is 3.61. The third-order valence-electron chi connectivity index (χ3n) is 4.43. The van der Waals surface area contributed by atoms with Crippen LogP contribution in [-0.2, 0) is 9.53 Å². The summed E-state index contributed by atoms with van der Waals surface area (Å²) in [5.41, 5.74) is 0. The van der Waals surface area contributed by atoms with Crippen LogP contribution in [-0.4, -0.2) is 24.7 Å². The maximum atomic E-state index is 12.1. The second-order valence-corrected chi connectivity index (χ2v) is 5.78. The van der Waals surface area contributed by atoms with Crippen LogP contribution >= 0.6 is 0 Å². The van der Waals surface area contributed by atoms with Gasteiger partial charge in [-0.2, -0.15) is 0 Å². The SMILES string of the molecule is CCOC(=O)C(NC1CCCCC1)C1CCCC1. The summed E-state index contributed by atoms with van der Waals surface area (Å²) in [6, 6.07) is 0.490. The zero-order valence-electron chi connectivity index (χ0n) is 11.6. The quantitative estimate of drug-likeness (QED) is 0.765. The normalized spacial score (nSPS) is 24.1. The highest BCUT2D eigenvalue weighted by Gasteiger charge is 2.33. The molecule has 3 heteroatoms. The standard InChI is InChI=1S/C15H27NO2/c1-2-18-15(17)14(12-8-6-7-9-12)16-13-10-4-3-5-11-13/h12-14,16H,2-11H2,1H3. The van der Waals surface area contributed by atoms with Crippen LogP contribution in [0, 0.1) is 5.92 Å². The molecule has 0 radical (unpaired) electrons. The van der Waals surface area contributed by atoms with Crippen LogP contribution in [0.2, 0.25) is 0 Å². The number of hydrogen-bond donors (Lipinski definition) is 1. The Hall–Kier alpha value is -0.570. The molecule has 0 bridgehead atoms. The monoisotopic (exact) mass is 253 g/mol. The van der Waals surface area contributed by atoms with Crippen LogP contribution in [0.15, 0.2) is 0 Å². The lowest BCUT2D eigenvalue weighted by Gasteiger charge is -2.30. The molecule has 0 aliphatic heterocycles. The first kappa shape index (κ1) is 13.9. The third kappa shape index (κ3) is 3.71. The average Bonchev–Trinajstić information content (AvgIpc) is 2.91. The number of carbonyl (C=O) groups excluding carboxylic acids is 1. The van der Waals surface area contributed by atoms with Crippen molar-refractivity contribution >= 4 is 5.97 Å². The largest absolute Gasteiger partial charge is 0.465 e. The first-order valence-corrected chi connectivity index (χ1v) is 7.74. The van der Waals surface area contributed by atoms with E-state index in [0.717, 1.165) is 0 Å². The summed E-state index contributed by atoms with van der Waals surface area (Å²) >= 11 is 0. The first-order valence-electron chi connectivity index (χ1n) is 7.74. The first-order chi connectivity index (χ1) is 8.81. The Labute approximate surface area is 111 Å². The molecule has 2 aliphatic rings. The highest BCUT2D eigenvalue weighted by atomic mass is 16.5. The summed E-state index contributed by atoms with van der Waals surface area (Å²) in [6.07, 6.45) is 11.3. The van der Waals surface area contributed by atoms with E-state index in [2.05, 4.69) is 5.32 Å². The molecule has 0 amide bonds. The topological polar surface area (TPSA) is 38.3 Å². The van der Waals surface area contributed by atoms with E-state index in [1.807, 2.05) is 6.92 Å². The van der Waals surface area contributed by atoms with E-state index in [1.165, 1.54) is 57.8 Å². The van der Waals surface area contributed by atoms with Gasteiger partial charge in [0.05, 0.1) is 6.61 Å². The van der Waals surface area contributed by atoms with E-state index in [1.54, 1.807) is 0 Å². The van der Waals surface area contributed by atoms with Crippen molar-refractivity contribution in [2.24, 2.45) is 5.92 Å². The Morgan fingerprint density at radius 1 is 1.11 bits per heavy atom. The lowest BCUT2D eigenvalue weighted by atomic mass is 9.92. The van der Waals surface area contributed by atoms with E-state index in [9.17, 15) is 4.79 Å². The molecule has 2 rings (SSSR count). The summed E-state index contributed by atoms with van der Waals surface area (Å²) < 4.78 is 5.26. The molecule has 0 heterocycles. The average molecular weight is 253 g/mol. The Morgan fingerprint density at radius 2 is 1.72 bits per heavy atom. The zero-order valence-corrected chi connectivity index (χ0v) is 11.6. The van der Waals surface area contributed by atoms with Gasteiger partial charge in [0.2, 0.25) is 0 Å². The van der Waals surface area contributed by atoms with Gasteiger partial charge < -0.3 is 10.1 Å². The van der Waals surface area contributed by atoms with E-state index >= 15 is 0 Å². The molecule has 104 valence electrons. The van der Waals surface area contributed by atoms with Gasteiger partial charge in [-0.1, -0.05) is 32.1 Å². The second-order valence-electron chi connectivity index (χ2n) is 5.78. The third-order valence-corrected chi connectivity index (χ3v) is 4.43. The molecule has 3 nitrogen and oxygen atoms in total. The molecule has 0 aromatic heterocycles. The van der Waals surface area contributed by atoms with E-state index in [0.29, 0.717) is 18.6 Å². The lowest BCUT2D eigenvalue weighted by molar-refractivity contribution is -0.147. The molecular weight excluding hydrogens is 226 g/mol. The Kier molecular flexibility index (Phi) is 5.48. The molecule has 2 aliphatic carbocycles. The fourth-order valence-electron chi connectivity index (χ4n) is 3.44. The van der Waals surface area contributed by atoms with Gasteiger partial charge in [-0.3, -0.25) is 4.79 Å². The van der Waals surface area contributed by atoms with Gasteiger partial charge in [0.1, 0.15) is 6.04 Å². The number of nitrogens with one attached hydrogen (secondary N) is 1. The summed E-state index contributed by atoms with van der Waals surface area (Å²) in [6.45, 7) is 2.39. The molecule has 1 N–H and O–H groups in total. The van der Waals surface area contributed by atoms with Gasteiger partial charge in [-0.05, 0) is 38.5 Å². The molecule has 0 aromatic rings. The molecular formula is C15H27NO2. The summed E-state index contributed by atoms with van der Waals surface area (Å²) in [7, 11) is 0. The molecule has 2 saturated carbocycles. The minimum Gasteiger partial charge on any atom is -0.465 e. The number of rotatable bonds is 5. The molecule has 1 unspecified atom stereocenters. The van der Waals surface area contributed by atoms with Crippen molar-refractivity contribution in [1.29, 1.82) is 0 Å².